The molecule has 2 heterocycles. The van der Waals surface area contributed by atoms with Crippen molar-refractivity contribution in [3.8, 4) is 17.0 Å². The predicted molar refractivity (Wildman–Crippen MR) is 113 cm³/mol. The Hall–Kier alpha value is -3.06. The largest absolute Gasteiger partial charge is 0.495 e. The minimum atomic E-state index is -0.103. The molecule has 0 spiro atoms. The molecular weight excluding hydrogens is 372 g/mol. The van der Waals surface area contributed by atoms with Crippen LogP contribution >= 0.6 is 11.3 Å². The molecule has 3 aromatic rings. The van der Waals surface area contributed by atoms with Crippen LogP contribution in [0.5, 0.6) is 5.75 Å². The molecular formula is C21H22N4O2S. The fourth-order valence-corrected chi connectivity index (χ4v) is 3.99. The quantitative estimate of drug-likeness (QED) is 0.721. The first-order valence-corrected chi connectivity index (χ1v) is 10.1. The van der Waals surface area contributed by atoms with Crippen molar-refractivity contribution in [2.45, 2.75) is 0 Å². The Morgan fingerprint density at radius 1 is 1.04 bits per heavy atom. The van der Waals surface area contributed by atoms with Gasteiger partial charge in [-0.2, -0.15) is 0 Å². The van der Waals surface area contributed by atoms with Gasteiger partial charge in [-0.1, -0.05) is 42.5 Å². The lowest BCUT2D eigenvalue weighted by atomic mass is 10.2. The molecule has 0 unspecified atom stereocenters. The number of para-hydroxylation sites is 2. The average molecular weight is 395 g/mol. The number of hydrogen-bond donors (Lipinski definition) is 1. The van der Waals surface area contributed by atoms with Crippen LogP contribution in [0, 0.1) is 0 Å². The smallest absolute Gasteiger partial charge is 0.323 e. The molecule has 0 aliphatic carbocycles. The fraction of sp³-hybridized carbons (Fsp3) is 0.238. The molecule has 1 aliphatic rings. The maximum atomic E-state index is 12.6. The van der Waals surface area contributed by atoms with E-state index in [1.54, 1.807) is 7.11 Å². The molecule has 0 radical (unpaired) electrons. The topological polar surface area (TPSA) is 57.7 Å². The van der Waals surface area contributed by atoms with Gasteiger partial charge in [-0.15, -0.1) is 11.3 Å². The number of thiazole rings is 1. The number of carbonyl (C=O) groups is 1. The number of anilines is 2. The molecule has 4 rings (SSSR count). The highest BCUT2D eigenvalue weighted by atomic mass is 32.1. The van der Waals surface area contributed by atoms with Crippen molar-refractivity contribution in [3.63, 3.8) is 0 Å². The van der Waals surface area contributed by atoms with Crippen molar-refractivity contribution in [2.24, 2.45) is 0 Å². The van der Waals surface area contributed by atoms with Gasteiger partial charge in [0.15, 0.2) is 5.13 Å². The number of rotatable bonds is 4. The zero-order valence-corrected chi connectivity index (χ0v) is 16.5. The number of ether oxygens (including phenoxy) is 1. The lowest BCUT2D eigenvalue weighted by Crippen LogP contribution is -2.50. The van der Waals surface area contributed by atoms with Crippen molar-refractivity contribution >= 4 is 28.2 Å². The van der Waals surface area contributed by atoms with E-state index in [-0.39, 0.29) is 6.03 Å². The second kappa shape index (κ2) is 8.31. The number of hydrogen-bond acceptors (Lipinski definition) is 5. The number of methoxy groups -OCH3 is 1. The van der Waals surface area contributed by atoms with Crippen LogP contribution in [0.1, 0.15) is 0 Å². The summed E-state index contributed by atoms with van der Waals surface area (Å²) in [4.78, 5) is 21.2. The number of amides is 2. The highest BCUT2D eigenvalue weighted by Crippen LogP contribution is 2.29. The molecule has 1 saturated heterocycles. The fourth-order valence-electron chi connectivity index (χ4n) is 3.28. The summed E-state index contributed by atoms with van der Waals surface area (Å²) in [5.41, 5.74) is 2.99. The van der Waals surface area contributed by atoms with E-state index in [1.807, 2.05) is 58.8 Å². The van der Waals surface area contributed by atoms with Gasteiger partial charge in [0.1, 0.15) is 5.75 Å². The average Bonchev–Trinajstić information content (AvgIpc) is 3.23. The normalized spacial score (nSPS) is 14.0. The molecule has 1 aliphatic heterocycles. The number of nitrogens with zero attached hydrogens (tertiary/aromatic N) is 3. The number of nitrogens with one attached hydrogen (secondary N) is 1. The zero-order chi connectivity index (χ0) is 19.3. The lowest BCUT2D eigenvalue weighted by molar-refractivity contribution is 0.208. The highest BCUT2D eigenvalue weighted by Gasteiger charge is 2.23. The van der Waals surface area contributed by atoms with E-state index in [9.17, 15) is 4.79 Å². The maximum Gasteiger partial charge on any atom is 0.323 e. The Labute approximate surface area is 168 Å². The maximum absolute atomic E-state index is 12.6. The van der Waals surface area contributed by atoms with Gasteiger partial charge < -0.3 is 14.5 Å². The van der Waals surface area contributed by atoms with E-state index < -0.39 is 0 Å². The Kier molecular flexibility index (Phi) is 5.43. The molecule has 28 heavy (non-hydrogen) atoms. The molecule has 6 nitrogen and oxygen atoms in total. The van der Waals surface area contributed by atoms with E-state index in [0.717, 1.165) is 35.8 Å². The SMILES string of the molecule is COc1ccccc1N1CCN(C(=O)Nc2nc(-c3ccccc3)cs2)CC1. The second-order valence-electron chi connectivity index (χ2n) is 6.48. The van der Waals surface area contributed by atoms with Gasteiger partial charge in [0.05, 0.1) is 18.5 Å². The molecule has 0 bridgehead atoms. The van der Waals surface area contributed by atoms with Gasteiger partial charge in [0.25, 0.3) is 0 Å². The summed E-state index contributed by atoms with van der Waals surface area (Å²) >= 11 is 1.44. The Balaban J connectivity index is 1.35. The minimum absolute atomic E-state index is 0.103. The Morgan fingerprint density at radius 3 is 2.50 bits per heavy atom. The summed E-state index contributed by atoms with van der Waals surface area (Å²) in [7, 11) is 1.68. The molecule has 1 aromatic heterocycles. The minimum Gasteiger partial charge on any atom is -0.495 e. The second-order valence-corrected chi connectivity index (χ2v) is 7.34. The van der Waals surface area contributed by atoms with Crippen molar-refractivity contribution in [1.82, 2.24) is 9.88 Å². The molecule has 7 heteroatoms. The van der Waals surface area contributed by atoms with E-state index in [4.69, 9.17) is 4.74 Å². The molecule has 2 amide bonds. The van der Waals surface area contributed by atoms with Crippen LogP contribution < -0.4 is 15.0 Å². The van der Waals surface area contributed by atoms with Crippen molar-refractivity contribution in [1.29, 1.82) is 0 Å². The third kappa shape index (κ3) is 3.94. The number of piperazine rings is 1. The van der Waals surface area contributed by atoms with E-state index in [1.165, 1.54) is 11.3 Å². The van der Waals surface area contributed by atoms with Gasteiger partial charge in [0.2, 0.25) is 0 Å². The number of carbonyl (C=O) groups excluding carboxylic acids is 1. The Morgan fingerprint density at radius 2 is 1.75 bits per heavy atom. The highest BCUT2D eigenvalue weighted by molar-refractivity contribution is 7.14. The summed E-state index contributed by atoms with van der Waals surface area (Å²) in [6, 6.07) is 17.8. The summed E-state index contributed by atoms with van der Waals surface area (Å²) in [5, 5.41) is 5.51. The van der Waals surface area contributed by atoms with E-state index in [2.05, 4.69) is 21.3 Å². The molecule has 0 atom stereocenters. The van der Waals surface area contributed by atoms with Crippen LogP contribution in [-0.4, -0.2) is 49.2 Å². The number of aromatic nitrogens is 1. The summed E-state index contributed by atoms with van der Waals surface area (Å²) in [6.07, 6.45) is 0. The standard InChI is InChI=1S/C21H22N4O2S/c1-27-19-10-6-5-9-18(19)24-11-13-25(14-12-24)21(26)23-20-22-17(15-28-20)16-7-3-2-4-8-16/h2-10,15H,11-14H2,1H3,(H,22,23,26). The summed E-state index contributed by atoms with van der Waals surface area (Å²) in [5.74, 6) is 0.858. The third-order valence-electron chi connectivity index (χ3n) is 4.78. The van der Waals surface area contributed by atoms with Crippen LogP contribution in [0.25, 0.3) is 11.3 Å². The summed E-state index contributed by atoms with van der Waals surface area (Å²) < 4.78 is 5.45. The van der Waals surface area contributed by atoms with Crippen LogP contribution in [0.15, 0.2) is 60.0 Å². The van der Waals surface area contributed by atoms with Crippen molar-refractivity contribution < 1.29 is 9.53 Å². The van der Waals surface area contributed by atoms with Crippen LogP contribution in [0.3, 0.4) is 0 Å². The first kappa shape index (κ1) is 18.3. The molecule has 2 aromatic carbocycles. The van der Waals surface area contributed by atoms with Gasteiger partial charge in [-0.3, -0.25) is 5.32 Å². The van der Waals surface area contributed by atoms with Crippen molar-refractivity contribution in [2.75, 3.05) is 43.5 Å². The molecule has 1 N–H and O–H groups in total. The van der Waals surface area contributed by atoms with E-state index in [0.29, 0.717) is 18.2 Å². The number of benzene rings is 2. The van der Waals surface area contributed by atoms with Gasteiger partial charge in [0, 0.05) is 37.1 Å². The predicted octanol–water partition coefficient (Wildman–Crippen LogP) is 4.17. The zero-order valence-electron chi connectivity index (χ0n) is 15.7. The first-order valence-electron chi connectivity index (χ1n) is 9.19. The number of urea groups is 1. The molecule has 1 fully saturated rings. The third-order valence-corrected chi connectivity index (χ3v) is 5.54. The van der Waals surface area contributed by atoms with E-state index >= 15 is 0 Å². The van der Waals surface area contributed by atoms with Crippen LogP contribution in [0.4, 0.5) is 15.6 Å². The van der Waals surface area contributed by atoms with Crippen molar-refractivity contribution in [3.05, 3.63) is 60.0 Å². The lowest BCUT2D eigenvalue weighted by Gasteiger charge is -2.36. The van der Waals surface area contributed by atoms with Gasteiger partial charge in [-0.25, -0.2) is 9.78 Å². The van der Waals surface area contributed by atoms with Gasteiger partial charge >= 0.3 is 6.03 Å². The Bertz CT molecular complexity index is 936. The monoisotopic (exact) mass is 394 g/mol. The van der Waals surface area contributed by atoms with Crippen LogP contribution in [0.2, 0.25) is 0 Å². The summed E-state index contributed by atoms with van der Waals surface area (Å²) in [6.45, 7) is 2.84. The van der Waals surface area contributed by atoms with Crippen LogP contribution in [-0.2, 0) is 0 Å². The molecule has 144 valence electrons. The first-order chi connectivity index (χ1) is 13.7. The molecule has 0 saturated carbocycles. The van der Waals surface area contributed by atoms with Gasteiger partial charge in [-0.05, 0) is 12.1 Å².